The Morgan fingerprint density at radius 2 is 2.04 bits per heavy atom. The van der Waals surface area contributed by atoms with E-state index in [0.717, 1.165) is 22.3 Å². The van der Waals surface area contributed by atoms with Crippen molar-refractivity contribution in [3.8, 4) is 0 Å². The normalized spacial score (nSPS) is 17.2. The number of carbonyl (C=O) groups is 1. The van der Waals surface area contributed by atoms with Gasteiger partial charge in [0.25, 0.3) is 5.78 Å². The van der Waals surface area contributed by atoms with Crippen LogP contribution in [-0.4, -0.2) is 25.4 Å². The highest BCUT2D eigenvalue weighted by Crippen LogP contribution is 2.25. The molecule has 7 heteroatoms. The van der Waals surface area contributed by atoms with E-state index in [1.54, 1.807) is 22.5 Å². The van der Waals surface area contributed by atoms with Gasteiger partial charge >= 0.3 is 0 Å². The van der Waals surface area contributed by atoms with Crippen molar-refractivity contribution in [1.29, 1.82) is 0 Å². The minimum Gasteiger partial charge on any atom is -0.294 e. The van der Waals surface area contributed by atoms with Crippen molar-refractivity contribution in [1.82, 2.24) is 19.6 Å². The molecule has 3 aromatic rings. The fourth-order valence-corrected chi connectivity index (χ4v) is 3.89. The number of hydrogen-bond acceptors (Lipinski definition) is 5. The molecule has 0 amide bonds. The predicted molar refractivity (Wildman–Crippen MR) is 96.3 cm³/mol. The predicted octanol–water partition coefficient (Wildman–Crippen LogP) is 3.94. The van der Waals surface area contributed by atoms with E-state index in [1.807, 2.05) is 12.1 Å². The van der Waals surface area contributed by atoms with Gasteiger partial charge in [0.2, 0.25) is 5.16 Å². The molecule has 0 spiro atoms. The van der Waals surface area contributed by atoms with Crippen LogP contribution in [0.25, 0.3) is 5.78 Å². The largest absolute Gasteiger partial charge is 0.294 e. The summed E-state index contributed by atoms with van der Waals surface area (Å²) in [5.74, 6) is 1.85. The second-order valence-electron chi connectivity index (χ2n) is 6.09. The van der Waals surface area contributed by atoms with Gasteiger partial charge in [-0.2, -0.15) is 4.98 Å². The molecule has 1 aliphatic carbocycles. The number of rotatable bonds is 3. The molecule has 0 aliphatic heterocycles. The molecule has 24 heavy (non-hydrogen) atoms. The number of aromatic nitrogens is 4. The third-order valence-electron chi connectivity index (χ3n) is 4.05. The van der Waals surface area contributed by atoms with Crippen LogP contribution in [0.15, 0.2) is 40.1 Å². The summed E-state index contributed by atoms with van der Waals surface area (Å²) >= 11 is 5.00. The second-order valence-corrected chi connectivity index (χ2v) is 7.95. The highest BCUT2D eigenvalue weighted by molar-refractivity contribution is 9.10. The molecule has 1 atom stereocenters. The van der Waals surface area contributed by atoms with Crippen LogP contribution < -0.4 is 0 Å². The molecule has 0 N–H and O–H groups in total. The van der Waals surface area contributed by atoms with Crippen LogP contribution in [-0.2, 0) is 12.2 Å². The molecule has 0 saturated carbocycles. The molecule has 0 fully saturated rings. The van der Waals surface area contributed by atoms with Gasteiger partial charge in [-0.3, -0.25) is 4.79 Å². The second kappa shape index (κ2) is 6.29. The van der Waals surface area contributed by atoms with E-state index in [9.17, 15) is 4.79 Å². The summed E-state index contributed by atoms with van der Waals surface area (Å²) in [6, 6.07) is 8.19. The van der Waals surface area contributed by atoms with Gasteiger partial charge in [0, 0.05) is 22.8 Å². The number of Topliss-reactive ketones (excluding diaryl/α,β-unsaturated/α-hetero) is 1. The Morgan fingerprint density at radius 1 is 1.25 bits per heavy atom. The van der Waals surface area contributed by atoms with Crippen molar-refractivity contribution in [2.75, 3.05) is 0 Å². The number of halogens is 1. The summed E-state index contributed by atoms with van der Waals surface area (Å²) in [7, 11) is 0. The standard InChI is InChI=1S/C17H15BrN4OS/c1-10-6-14-13(15(23)7-10)8-22-16(19-14)20-17(21-22)24-9-11-2-4-12(18)5-3-11/h2-5,8,10H,6-7,9H2,1H3. The molecule has 0 radical (unpaired) electrons. The molecular weight excluding hydrogens is 388 g/mol. The summed E-state index contributed by atoms with van der Waals surface area (Å²) in [5, 5.41) is 5.13. The van der Waals surface area contributed by atoms with Crippen molar-refractivity contribution in [2.45, 2.75) is 30.7 Å². The Hall–Kier alpha value is -1.73. The van der Waals surface area contributed by atoms with Crippen molar-refractivity contribution in [3.05, 3.63) is 51.8 Å². The van der Waals surface area contributed by atoms with Crippen molar-refractivity contribution >= 4 is 39.3 Å². The molecule has 1 aliphatic rings. The van der Waals surface area contributed by atoms with Crippen molar-refractivity contribution < 1.29 is 4.79 Å². The molecule has 0 bridgehead atoms. The van der Waals surface area contributed by atoms with E-state index in [0.29, 0.717) is 28.8 Å². The Labute approximate surface area is 152 Å². The zero-order valence-corrected chi connectivity index (χ0v) is 15.5. The number of nitrogens with zero attached hydrogens (tertiary/aromatic N) is 4. The SMILES string of the molecule is CC1CC(=O)c2cn3nc(SCc4ccc(Br)cc4)nc3nc2C1. The van der Waals surface area contributed by atoms with Gasteiger partial charge in [0.15, 0.2) is 5.78 Å². The maximum Gasteiger partial charge on any atom is 0.253 e. The first-order valence-electron chi connectivity index (χ1n) is 7.75. The quantitative estimate of drug-likeness (QED) is 0.620. The van der Waals surface area contributed by atoms with E-state index in [-0.39, 0.29) is 5.78 Å². The lowest BCUT2D eigenvalue weighted by molar-refractivity contribution is 0.0951. The number of ketones is 1. The molecule has 2 aromatic heterocycles. The molecular formula is C17H15BrN4OS. The average Bonchev–Trinajstić information content (AvgIpc) is 2.94. The molecule has 1 unspecified atom stereocenters. The number of carbonyl (C=O) groups excluding carboxylic acids is 1. The molecule has 1 aromatic carbocycles. The van der Waals surface area contributed by atoms with E-state index < -0.39 is 0 Å². The van der Waals surface area contributed by atoms with Gasteiger partial charge in [-0.25, -0.2) is 9.50 Å². The topological polar surface area (TPSA) is 60.2 Å². The van der Waals surface area contributed by atoms with Crippen LogP contribution in [0.2, 0.25) is 0 Å². The minimum absolute atomic E-state index is 0.151. The summed E-state index contributed by atoms with van der Waals surface area (Å²) in [6.45, 7) is 2.08. The summed E-state index contributed by atoms with van der Waals surface area (Å²) in [4.78, 5) is 21.2. The van der Waals surface area contributed by atoms with Gasteiger partial charge in [-0.1, -0.05) is 46.7 Å². The van der Waals surface area contributed by atoms with E-state index >= 15 is 0 Å². The molecule has 5 nitrogen and oxygen atoms in total. The smallest absolute Gasteiger partial charge is 0.253 e. The van der Waals surface area contributed by atoms with Gasteiger partial charge in [0.05, 0.1) is 11.3 Å². The number of hydrogen-bond donors (Lipinski definition) is 0. The van der Waals surface area contributed by atoms with Crippen LogP contribution in [0.3, 0.4) is 0 Å². The monoisotopic (exact) mass is 402 g/mol. The average molecular weight is 403 g/mol. The van der Waals surface area contributed by atoms with E-state index in [1.165, 1.54) is 5.56 Å². The Morgan fingerprint density at radius 3 is 2.83 bits per heavy atom. The van der Waals surface area contributed by atoms with Crippen LogP contribution in [0, 0.1) is 5.92 Å². The zero-order valence-electron chi connectivity index (χ0n) is 13.1. The lowest BCUT2D eigenvalue weighted by atomic mass is 9.88. The Balaban J connectivity index is 1.59. The third-order valence-corrected chi connectivity index (χ3v) is 5.49. The van der Waals surface area contributed by atoms with Gasteiger partial charge < -0.3 is 0 Å². The summed E-state index contributed by atoms with van der Waals surface area (Å²) < 4.78 is 2.69. The Bertz CT molecular complexity index is 922. The van der Waals surface area contributed by atoms with Gasteiger partial charge in [-0.15, -0.1) is 5.10 Å². The summed E-state index contributed by atoms with van der Waals surface area (Å²) in [6.07, 6.45) is 3.19. The lowest BCUT2D eigenvalue weighted by Crippen LogP contribution is -2.20. The molecule has 0 saturated heterocycles. The first-order chi connectivity index (χ1) is 11.6. The lowest BCUT2D eigenvalue weighted by Gasteiger charge is -2.18. The van der Waals surface area contributed by atoms with Crippen molar-refractivity contribution in [2.24, 2.45) is 5.92 Å². The van der Waals surface area contributed by atoms with Crippen LogP contribution >= 0.6 is 27.7 Å². The summed E-state index contributed by atoms with van der Waals surface area (Å²) in [5.41, 5.74) is 2.75. The zero-order chi connectivity index (χ0) is 16.7. The fourth-order valence-electron chi connectivity index (χ4n) is 2.84. The maximum atomic E-state index is 12.2. The number of fused-ring (bicyclic) bond motifs is 2. The third kappa shape index (κ3) is 3.10. The van der Waals surface area contributed by atoms with E-state index in [2.05, 4.69) is 50.1 Å². The van der Waals surface area contributed by atoms with Crippen LogP contribution in [0.4, 0.5) is 0 Å². The van der Waals surface area contributed by atoms with Gasteiger partial charge in [-0.05, 0) is 30.0 Å². The Kier molecular flexibility index (Phi) is 4.14. The van der Waals surface area contributed by atoms with Crippen LogP contribution in [0.1, 0.15) is 35.0 Å². The highest BCUT2D eigenvalue weighted by Gasteiger charge is 2.25. The van der Waals surface area contributed by atoms with E-state index in [4.69, 9.17) is 0 Å². The molecule has 2 heterocycles. The first kappa shape index (κ1) is 15.8. The highest BCUT2D eigenvalue weighted by atomic mass is 79.9. The maximum absolute atomic E-state index is 12.2. The fraction of sp³-hybridized carbons (Fsp3) is 0.294. The molecule has 122 valence electrons. The minimum atomic E-state index is 0.151. The van der Waals surface area contributed by atoms with Crippen LogP contribution in [0.5, 0.6) is 0 Å². The number of thioether (sulfide) groups is 1. The molecule has 4 rings (SSSR count). The van der Waals surface area contributed by atoms with Gasteiger partial charge in [0.1, 0.15) is 0 Å². The van der Waals surface area contributed by atoms with Crippen molar-refractivity contribution in [3.63, 3.8) is 0 Å². The first-order valence-corrected chi connectivity index (χ1v) is 9.53. The number of benzene rings is 1.